The molecule has 2 fully saturated rings. The van der Waals surface area contributed by atoms with Gasteiger partial charge in [0, 0.05) is 18.8 Å². The molecule has 0 radical (unpaired) electrons. The van der Waals surface area contributed by atoms with Gasteiger partial charge in [-0.2, -0.15) is 0 Å². The highest BCUT2D eigenvalue weighted by molar-refractivity contribution is 6.08. The predicted octanol–water partition coefficient (Wildman–Crippen LogP) is 1.48. The smallest absolute Gasteiger partial charge is 0.271 e. The van der Waals surface area contributed by atoms with Crippen molar-refractivity contribution in [3.05, 3.63) is 24.0 Å². The van der Waals surface area contributed by atoms with E-state index in [1.54, 1.807) is 6.07 Å². The summed E-state index contributed by atoms with van der Waals surface area (Å²) in [5, 5.41) is 2.27. The summed E-state index contributed by atoms with van der Waals surface area (Å²) in [5.41, 5.74) is 0.612. The number of amides is 3. The number of nitrogens with zero attached hydrogens (tertiary/aromatic N) is 2. The number of carbonyl (C=O) groups is 3. The third-order valence-corrected chi connectivity index (χ3v) is 4.64. The average Bonchev–Trinajstić information content (AvgIpc) is 3.20. The molecule has 2 aliphatic rings. The first kappa shape index (κ1) is 14.8. The van der Waals surface area contributed by atoms with Crippen LogP contribution in [-0.2, 0) is 9.59 Å². The molecule has 1 aromatic heterocycles. The Morgan fingerprint density at radius 3 is 2.68 bits per heavy atom. The Bertz CT molecular complexity index is 602. The van der Waals surface area contributed by atoms with Crippen LogP contribution < -0.4 is 5.32 Å². The Kier molecular flexibility index (Phi) is 4.00. The zero-order valence-electron chi connectivity index (χ0n) is 12.7. The minimum atomic E-state index is -0.683. The topological polar surface area (TPSA) is 71.4 Å². The monoisotopic (exact) mass is 303 g/mol. The molecule has 1 atom stereocenters. The van der Waals surface area contributed by atoms with Crippen molar-refractivity contribution in [2.45, 2.75) is 51.1 Å². The predicted molar refractivity (Wildman–Crippen MR) is 80.2 cm³/mol. The quantitative estimate of drug-likeness (QED) is 0.856. The van der Waals surface area contributed by atoms with Crippen molar-refractivity contribution in [2.75, 3.05) is 6.54 Å². The number of carbonyl (C=O) groups excluding carboxylic acids is 3. The number of imide groups is 1. The molecule has 0 spiro atoms. The molecular formula is C16H21N3O3. The Balaban J connectivity index is 1.84. The number of likely N-dealkylation sites (N-methyl/N-ethyl adjacent to an activating group) is 1. The molecule has 6 nitrogen and oxygen atoms in total. The summed E-state index contributed by atoms with van der Waals surface area (Å²) < 4.78 is 2.03. The van der Waals surface area contributed by atoms with E-state index in [-0.39, 0.29) is 24.1 Å². The molecule has 6 heteroatoms. The highest BCUT2D eigenvalue weighted by Gasteiger charge is 2.38. The van der Waals surface area contributed by atoms with Gasteiger partial charge in [0.05, 0.1) is 6.42 Å². The number of hydrogen-bond acceptors (Lipinski definition) is 3. The third kappa shape index (κ3) is 2.53. The summed E-state index contributed by atoms with van der Waals surface area (Å²) in [4.78, 5) is 37.6. The molecule has 2 heterocycles. The van der Waals surface area contributed by atoms with E-state index in [2.05, 4.69) is 5.32 Å². The molecule has 0 aromatic carbocycles. The van der Waals surface area contributed by atoms with Crippen molar-refractivity contribution in [3.63, 3.8) is 0 Å². The Morgan fingerprint density at radius 1 is 1.36 bits per heavy atom. The summed E-state index contributed by atoms with van der Waals surface area (Å²) in [6.45, 7) is 2.23. The van der Waals surface area contributed by atoms with E-state index >= 15 is 0 Å². The molecule has 0 bridgehead atoms. The van der Waals surface area contributed by atoms with E-state index in [0.717, 1.165) is 12.8 Å². The molecule has 22 heavy (non-hydrogen) atoms. The maximum atomic E-state index is 12.9. The summed E-state index contributed by atoms with van der Waals surface area (Å²) in [5.74, 6) is -0.860. The third-order valence-electron chi connectivity index (χ3n) is 4.64. The van der Waals surface area contributed by atoms with E-state index in [1.165, 1.54) is 17.7 Å². The lowest BCUT2D eigenvalue weighted by molar-refractivity contribution is -0.126. The number of nitrogens with one attached hydrogen (secondary N) is 1. The van der Waals surface area contributed by atoms with Crippen LogP contribution in [0.15, 0.2) is 18.3 Å². The van der Waals surface area contributed by atoms with Crippen molar-refractivity contribution >= 4 is 17.7 Å². The molecule has 1 N–H and O–H groups in total. The first-order valence-electron chi connectivity index (χ1n) is 7.93. The molecule has 1 saturated heterocycles. The van der Waals surface area contributed by atoms with Crippen LogP contribution in [-0.4, -0.2) is 39.8 Å². The lowest BCUT2D eigenvalue weighted by Crippen LogP contribution is -2.45. The standard InChI is InChI=1S/C16H21N3O3/c1-2-18(13-10-14(20)17-15(13)21)16(22)12-8-5-9-19(12)11-6-3-4-7-11/h5,8-9,11,13H,2-4,6-7,10H2,1H3,(H,17,20,21)/t13-/m0/s1. The molecule has 3 amide bonds. The number of hydrogen-bond donors (Lipinski definition) is 1. The first-order chi connectivity index (χ1) is 10.6. The summed E-state index contributed by atoms with van der Waals surface area (Å²) >= 11 is 0. The van der Waals surface area contributed by atoms with Gasteiger partial charge >= 0.3 is 0 Å². The molecule has 1 saturated carbocycles. The highest BCUT2D eigenvalue weighted by atomic mass is 16.2. The van der Waals surface area contributed by atoms with E-state index in [9.17, 15) is 14.4 Å². The Hall–Kier alpha value is -2.11. The SMILES string of the molecule is CCN(C(=O)c1cccn1C1CCCC1)[C@H]1CC(=O)NC1=O. The van der Waals surface area contributed by atoms with E-state index in [4.69, 9.17) is 0 Å². The Labute approximate surface area is 129 Å². The second kappa shape index (κ2) is 5.94. The molecule has 1 aliphatic carbocycles. The van der Waals surface area contributed by atoms with Crippen molar-refractivity contribution in [2.24, 2.45) is 0 Å². The van der Waals surface area contributed by atoms with Crippen LogP contribution in [0.5, 0.6) is 0 Å². The maximum Gasteiger partial charge on any atom is 0.271 e. The van der Waals surface area contributed by atoms with Crippen LogP contribution in [0.4, 0.5) is 0 Å². The molecule has 1 aliphatic heterocycles. The van der Waals surface area contributed by atoms with Crippen molar-refractivity contribution in [1.29, 1.82) is 0 Å². The van der Waals surface area contributed by atoms with Gasteiger partial charge in [-0.25, -0.2) is 0 Å². The van der Waals surface area contributed by atoms with Crippen LogP contribution in [0.1, 0.15) is 55.6 Å². The van der Waals surface area contributed by atoms with Crippen LogP contribution in [0.25, 0.3) is 0 Å². The van der Waals surface area contributed by atoms with E-state index in [1.807, 2.05) is 23.8 Å². The van der Waals surface area contributed by atoms with Gasteiger partial charge in [0.2, 0.25) is 11.8 Å². The molecule has 118 valence electrons. The fourth-order valence-electron chi connectivity index (χ4n) is 3.52. The fraction of sp³-hybridized carbons (Fsp3) is 0.562. The molecule has 0 unspecified atom stereocenters. The lowest BCUT2D eigenvalue weighted by atomic mass is 10.2. The van der Waals surface area contributed by atoms with Crippen molar-refractivity contribution in [1.82, 2.24) is 14.8 Å². The van der Waals surface area contributed by atoms with Crippen LogP contribution >= 0.6 is 0 Å². The minimum absolute atomic E-state index is 0.0581. The van der Waals surface area contributed by atoms with Crippen molar-refractivity contribution < 1.29 is 14.4 Å². The highest BCUT2D eigenvalue weighted by Crippen LogP contribution is 2.31. The van der Waals surface area contributed by atoms with Gasteiger partial charge in [-0.1, -0.05) is 12.8 Å². The second-order valence-corrected chi connectivity index (χ2v) is 5.96. The molecular weight excluding hydrogens is 282 g/mol. The van der Waals surface area contributed by atoms with E-state index in [0.29, 0.717) is 18.3 Å². The van der Waals surface area contributed by atoms with Crippen LogP contribution in [0.3, 0.4) is 0 Å². The minimum Gasteiger partial charge on any atom is -0.340 e. The summed E-state index contributed by atoms with van der Waals surface area (Å²) in [7, 11) is 0. The van der Waals surface area contributed by atoms with E-state index < -0.39 is 6.04 Å². The van der Waals surface area contributed by atoms with Crippen LogP contribution in [0, 0.1) is 0 Å². The summed E-state index contributed by atoms with van der Waals surface area (Å²) in [6.07, 6.45) is 6.55. The normalized spacial score (nSPS) is 22.1. The number of aromatic nitrogens is 1. The van der Waals surface area contributed by atoms with Gasteiger partial charge < -0.3 is 9.47 Å². The van der Waals surface area contributed by atoms with Gasteiger partial charge in [0.1, 0.15) is 11.7 Å². The maximum absolute atomic E-state index is 12.9. The largest absolute Gasteiger partial charge is 0.340 e. The zero-order chi connectivity index (χ0) is 15.7. The Morgan fingerprint density at radius 2 is 2.09 bits per heavy atom. The zero-order valence-corrected chi connectivity index (χ0v) is 12.7. The average molecular weight is 303 g/mol. The van der Waals surface area contributed by atoms with Gasteiger partial charge in [-0.3, -0.25) is 19.7 Å². The van der Waals surface area contributed by atoms with Gasteiger partial charge in [0.25, 0.3) is 5.91 Å². The van der Waals surface area contributed by atoms with Gasteiger partial charge in [-0.05, 0) is 31.9 Å². The van der Waals surface area contributed by atoms with Crippen LogP contribution in [0.2, 0.25) is 0 Å². The van der Waals surface area contributed by atoms with Gasteiger partial charge in [0.15, 0.2) is 0 Å². The van der Waals surface area contributed by atoms with Crippen molar-refractivity contribution in [3.8, 4) is 0 Å². The lowest BCUT2D eigenvalue weighted by Gasteiger charge is -2.26. The van der Waals surface area contributed by atoms with Gasteiger partial charge in [-0.15, -0.1) is 0 Å². The number of rotatable bonds is 4. The molecule has 3 rings (SSSR count). The fourth-order valence-corrected chi connectivity index (χ4v) is 3.52. The first-order valence-corrected chi connectivity index (χ1v) is 7.93. The summed E-state index contributed by atoms with van der Waals surface area (Å²) in [6, 6.07) is 3.36. The second-order valence-electron chi connectivity index (χ2n) is 5.96. The molecule has 1 aromatic rings.